The second-order valence-electron chi connectivity index (χ2n) is 7.93. The highest BCUT2D eigenvalue weighted by atomic mass is 32.1. The molecule has 1 amide bonds. The first-order valence-electron chi connectivity index (χ1n) is 10.5. The van der Waals surface area contributed by atoms with E-state index in [0.29, 0.717) is 13.1 Å². The number of aromatic nitrogens is 4. The molecule has 4 heterocycles. The Hall–Kier alpha value is -3.26. The number of pyridine rings is 1. The third kappa shape index (κ3) is 4.29. The molecule has 158 valence electrons. The SMILES string of the molecule is Cc1ccc(-c2cn3nc(N4CCCC(C(=O)NCc5ccccn5)C4)sc3n2)cc1. The van der Waals surface area contributed by atoms with Crippen LogP contribution < -0.4 is 10.2 Å². The Balaban J connectivity index is 1.25. The van der Waals surface area contributed by atoms with Crippen molar-refractivity contribution < 1.29 is 4.79 Å². The van der Waals surface area contributed by atoms with Crippen molar-refractivity contribution in [3.8, 4) is 11.3 Å². The summed E-state index contributed by atoms with van der Waals surface area (Å²) in [5, 5.41) is 8.69. The number of benzene rings is 1. The molecule has 1 saturated heterocycles. The van der Waals surface area contributed by atoms with Gasteiger partial charge in [-0.05, 0) is 31.9 Å². The van der Waals surface area contributed by atoms with Gasteiger partial charge in [-0.1, -0.05) is 47.2 Å². The van der Waals surface area contributed by atoms with Crippen LogP contribution in [0.3, 0.4) is 0 Å². The normalized spacial score (nSPS) is 16.5. The first-order chi connectivity index (χ1) is 15.2. The molecule has 1 aliphatic heterocycles. The number of carbonyl (C=O) groups excluding carboxylic acids is 1. The molecule has 1 N–H and O–H groups in total. The van der Waals surface area contributed by atoms with Crippen molar-refractivity contribution in [1.29, 1.82) is 0 Å². The summed E-state index contributed by atoms with van der Waals surface area (Å²) in [6.45, 7) is 4.12. The minimum Gasteiger partial charge on any atom is -0.350 e. The predicted molar refractivity (Wildman–Crippen MR) is 122 cm³/mol. The average Bonchev–Trinajstić information content (AvgIpc) is 3.38. The molecule has 7 nitrogen and oxygen atoms in total. The second kappa shape index (κ2) is 8.47. The Morgan fingerprint density at radius 1 is 1.23 bits per heavy atom. The Kier molecular flexibility index (Phi) is 5.38. The van der Waals surface area contributed by atoms with Gasteiger partial charge in [0.25, 0.3) is 0 Å². The maximum absolute atomic E-state index is 12.7. The Morgan fingerprint density at radius 2 is 2.10 bits per heavy atom. The maximum Gasteiger partial charge on any atom is 0.225 e. The van der Waals surface area contributed by atoms with Gasteiger partial charge in [0.15, 0.2) is 0 Å². The second-order valence-corrected chi connectivity index (χ2v) is 8.86. The van der Waals surface area contributed by atoms with Crippen LogP contribution in [0, 0.1) is 12.8 Å². The number of amides is 1. The third-order valence-electron chi connectivity index (χ3n) is 5.61. The number of anilines is 1. The van der Waals surface area contributed by atoms with E-state index in [1.54, 1.807) is 17.5 Å². The zero-order valence-electron chi connectivity index (χ0n) is 17.4. The lowest BCUT2D eigenvalue weighted by Gasteiger charge is -2.31. The number of piperidine rings is 1. The molecule has 1 fully saturated rings. The Morgan fingerprint density at radius 3 is 2.87 bits per heavy atom. The van der Waals surface area contributed by atoms with Crippen molar-refractivity contribution in [1.82, 2.24) is 24.9 Å². The van der Waals surface area contributed by atoms with Crippen LogP contribution in [0.25, 0.3) is 16.2 Å². The molecule has 8 heteroatoms. The van der Waals surface area contributed by atoms with Crippen molar-refractivity contribution in [2.24, 2.45) is 5.92 Å². The number of rotatable bonds is 5. The zero-order valence-corrected chi connectivity index (χ0v) is 18.2. The molecule has 0 radical (unpaired) electrons. The van der Waals surface area contributed by atoms with Crippen LogP contribution >= 0.6 is 11.3 Å². The topological polar surface area (TPSA) is 75.4 Å². The molecule has 1 atom stereocenters. The zero-order chi connectivity index (χ0) is 21.2. The van der Waals surface area contributed by atoms with E-state index in [0.717, 1.165) is 46.4 Å². The highest BCUT2D eigenvalue weighted by molar-refractivity contribution is 7.20. The summed E-state index contributed by atoms with van der Waals surface area (Å²) >= 11 is 1.57. The number of carbonyl (C=O) groups is 1. The smallest absolute Gasteiger partial charge is 0.225 e. The summed E-state index contributed by atoms with van der Waals surface area (Å²) in [5.41, 5.74) is 4.12. The van der Waals surface area contributed by atoms with E-state index in [9.17, 15) is 4.79 Å². The highest BCUT2D eigenvalue weighted by Crippen LogP contribution is 2.30. The third-order valence-corrected chi connectivity index (χ3v) is 6.60. The molecule has 0 saturated carbocycles. The van der Waals surface area contributed by atoms with Crippen LogP contribution in [0.1, 0.15) is 24.1 Å². The van der Waals surface area contributed by atoms with Gasteiger partial charge in [-0.25, -0.2) is 9.50 Å². The molecular formula is C23H24N6OS. The van der Waals surface area contributed by atoms with Crippen molar-refractivity contribution in [2.75, 3.05) is 18.0 Å². The van der Waals surface area contributed by atoms with Gasteiger partial charge in [-0.2, -0.15) is 0 Å². The lowest BCUT2D eigenvalue weighted by atomic mass is 9.97. The number of nitrogens with zero attached hydrogens (tertiary/aromatic N) is 5. The van der Waals surface area contributed by atoms with E-state index in [-0.39, 0.29) is 11.8 Å². The fourth-order valence-corrected chi connectivity index (χ4v) is 4.79. The molecule has 0 spiro atoms. The van der Waals surface area contributed by atoms with Crippen molar-refractivity contribution in [3.05, 3.63) is 66.1 Å². The molecule has 1 unspecified atom stereocenters. The molecule has 3 aromatic heterocycles. The van der Waals surface area contributed by atoms with Gasteiger partial charge in [0.05, 0.1) is 30.0 Å². The standard InChI is InChI=1S/C23H24N6OS/c1-16-7-9-17(10-8-16)20-15-29-22(26-20)31-23(27-29)28-12-4-5-18(14-28)21(30)25-13-19-6-2-3-11-24-19/h2-3,6-11,15,18H,4-5,12-14H2,1H3,(H,25,30). The molecule has 4 aromatic rings. The molecule has 1 aromatic carbocycles. The number of fused-ring (bicyclic) bond motifs is 1. The van der Waals surface area contributed by atoms with E-state index in [2.05, 4.69) is 46.4 Å². The van der Waals surface area contributed by atoms with Gasteiger partial charge in [-0.15, -0.1) is 5.10 Å². The number of imidazole rings is 1. The summed E-state index contributed by atoms with van der Waals surface area (Å²) in [7, 11) is 0. The van der Waals surface area contributed by atoms with Crippen molar-refractivity contribution >= 4 is 27.3 Å². The number of hydrogen-bond donors (Lipinski definition) is 1. The van der Waals surface area contributed by atoms with E-state index in [4.69, 9.17) is 10.1 Å². The van der Waals surface area contributed by atoms with Gasteiger partial charge >= 0.3 is 0 Å². The van der Waals surface area contributed by atoms with Crippen molar-refractivity contribution in [2.45, 2.75) is 26.3 Å². The van der Waals surface area contributed by atoms with Gasteiger partial charge < -0.3 is 10.2 Å². The first-order valence-corrected chi connectivity index (χ1v) is 11.3. The molecule has 1 aliphatic rings. The fraction of sp³-hybridized carbons (Fsp3) is 0.304. The van der Waals surface area contributed by atoms with E-state index in [1.807, 2.05) is 28.9 Å². The van der Waals surface area contributed by atoms with Crippen LogP contribution in [0.5, 0.6) is 0 Å². The minimum atomic E-state index is -0.0446. The summed E-state index contributed by atoms with van der Waals surface area (Å²) < 4.78 is 1.85. The Bertz CT molecular complexity index is 1150. The van der Waals surface area contributed by atoms with Gasteiger partial charge in [0, 0.05) is 24.8 Å². The first kappa shape index (κ1) is 19.7. The van der Waals surface area contributed by atoms with Crippen LogP contribution in [0.4, 0.5) is 5.13 Å². The molecular weight excluding hydrogens is 408 g/mol. The van der Waals surface area contributed by atoms with Crippen LogP contribution in [0.15, 0.2) is 54.9 Å². The molecule has 31 heavy (non-hydrogen) atoms. The summed E-state index contributed by atoms with van der Waals surface area (Å²) in [6.07, 6.45) is 5.58. The lowest BCUT2D eigenvalue weighted by molar-refractivity contribution is -0.125. The van der Waals surface area contributed by atoms with E-state index >= 15 is 0 Å². The average molecular weight is 433 g/mol. The van der Waals surface area contributed by atoms with E-state index in [1.165, 1.54) is 5.56 Å². The van der Waals surface area contributed by atoms with Crippen LogP contribution in [-0.2, 0) is 11.3 Å². The van der Waals surface area contributed by atoms with Crippen LogP contribution in [0.2, 0.25) is 0 Å². The summed E-state index contributed by atoms with van der Waals surface area (Å²) in [5.74, 6) is 0.0372. The monoisotopic (exact) mass is 432 g/mol. The quantitative estimate of drug-likeness (QED) is 0.521. The number of hydrogen-bond acceptors (Lipinski definition) is 6. The van der Waals surface area contributed by atoms with Gasteiger partial charge in [-0.3, -0.25) is 9.78 Å². The maximum atomic E-state index is 12.7. The molecule has 0 bridgehead atoms. The summed E-state index contributed by atoms with van der Waals surface area (Å²) in [4.78, 5) is 24.8. The van der Waals surface area contributed by atoms with E-state index < -0.39 is 0 Å². The summed E-state index contributed by atoms with van der Waals surface area (Å²) in [6, 6.07) is 14.1. The van der Waals surface area contributed by atoms with Gasteiger partial charge in [0.1, 0.15) is 0 Å². The number of aryl methyl sites for hydroxylation is 1. The van der Waals surface area contributed by atoms with Crippen molar-refractivity contribution in [3.63, 3.8) is 0 Å². The fourth-order valence-electron chi connectivity index (χ4n) is 3.87. The number of nitrogens with one attached hydrogen (secondary N) is 1. The largest absolute Gasteiger partial charge is 0.350 e. The molecule has 0 aliphatic carbocycles. The molecule has 5 rings (SSSR count). The van der Waals surface area contributed by atoms with Crippen LogP contribution in [-0.4, -0.2) is 38.6 Å². The predicted octanol–water partition coefficient (Wildman–Crippen LogP) is 3.69. The minimum absolute atomic E-state index is 0.0446. The van der Waals surface area contributed by atoms with Gasteiger partial charge in [0.2, 0.25) is 16.0 Å². The highest BCUT2D eigenvalue weighted by Gasteiger charge is 2.28. The Labute approximate surface area is 184 Å². The lowest BCUT2D eigenvalue weighted by Crippen LogP contribution is -2.43.